The van der Waals surface area contributed by atoms with E-state index in [1.807, 2.05) is 18.2 Å². The van der Waals surface area contributed by atoms with Crippen molar-refractivity contribution in [3.05, 3.63) is 59.2 Å². The van der Waals surface area contributed by atoms with Crippen LogP contribution in [-0.4, -0.2) is 26.8 Å². The number of hydrogen-bond donors (Lipinski definition) is 3. The average molecular weight is 314 g/mol. The van der Waals surface area contributed by atoms with E-state index in [9.17, 15) is 10.2 Å². The molecule has 0 amide bonds. The van der Waals surface area contributed by atoms with Crippen LogP contribution in [0.15, 0.2) is 42.5 Å². The largest absolute Gasteiger partial charge is 0.504 e. The molecule has 0 saturated carbocycles. The lowest BCUT2D eigenvalue weighted by atomic mass is 9.99. The van der Waals surface area contributed by atoms with Crippen LogP contribution < -0.4 is 5.32 Å². The zero-order valence-corrected chi connectivity index (χ0v) is 12.9. The number of fused-ring (bicyclic) bond motifs is 1. The summed E-state index contributed by atoms with van der Waals surface area (Å²) in [4.78, 5) is 2.08. The minimum Gasteiger partial charge on any atom is -0.504 e. The van der Waals surface area contributed by atoms with Crippen LogP contribution in [0.3, 0.4) is 0 Å². The molecule has 0 aliphatic carbocycles. The van der Waals surface area contributed by atoms with Gasteiger partial charge >= 0.3 is 0 Å². The maximum absolute atomic E-state index is 9.64. The molecule has 0 fully saturated rings. The van der Waals surface area contributed by atoms with Crippen LogP contribution in [0.25, 0.3) is 0 Å². The summed E-state index contributed by atoms with van der Waals surface area (Å²) in [5.41, 5.74) is 3.26. The number of nitrogens with one attached hydrogen (secondary N) is 1. The Balaban J connectivity index is 1.64. The molecule has 1 aliphatic rings. The number of phenols is 2. The van der Waals surface area contributed by atoms with Gasteiger partial charge in [0.05, 0.1) is 0 Å². The van der Waals surface area contributed by atoms with Crippen LogP contribution in [0.5, 0.6) is 11.5 Å². The standard InChI is InChI=1S/C17H18N2O2S/c20-15-8-13-6-7-19(11-14(13)9-16(15)21)17(22)18-10-12-4-2-1-3-5-12/h1-5,8-9,20-21H,6-7,10-11H2,(H,18,22). The van der Waals surface area contributed by atoms with Gasteiger partial charge in [-0.15, -0.1) is 0 Å². The molecule has 0 saturated heterocycles. The molecular weight excluding hydrogens is 296 g/mol. The molecule has 5 heteroatoms. The van der Waals surface area contributed by atoms with Gasteiger partial charge in [-0.1, -0.05) is 30.3 Å². The zero-order chi connectivity index (χ0) is 15.5. The van der Waals surface area contributed by atoms with E-state index in [-0.39, 0.29) is 11.5 Å². The summed E-state index contributed by atoms with van der Waals surface area (Å²) < 4.78 is 0. The Bertz CT molecular complexity index is 689. The lowest BCUT2D eigenvalue weighted by molar-refractivity contribution is 0.374. The number of benzene rings is 2. The molecule has 0 spiro atoms. The minimum absolute atomic E-state index is 0.0584. The first-order valence-electron chi connectivity index (χ1n) is 7.24. The molecule has 0 unspecified atom stereocenters. The number of aromatic hydroxyl groups is 2. The minimum atomic E-state index is -0.0798. The molecule has 0 aromatic heterocycles. The highest BCUT2D eigenvalue weighted by atomic mass is 32.1. The fourth-order valence-corrected chi connectivity index (χ4v) is 2.87. The van der Waals surface area contributed by atoms with Crippen molar-refractivity contribution in [2.45, 2.75) is 19.5 Å². The molecule has 114 valence electrons. The van der Waals surface area contributed by atoms with Crippen LogP contribution in [0.2, 0.25) is 0 Å². The number of hydrogen-bond acceptors (Lipinski definition) is 3. The van der Waals surface area contributed by atoms with Crippen molar-refractivity contribution >= 4 is 17.3 Å². The van der Waals surface area contributed by atoms with Gasteiger partial charge in [-0.3, -0.25) is 0 Å². The van der Waals surface area contributed by atoms with Gasteiger partial charge in [0.1, 0.15) is 0 Å². The molecule has 2 aromatic rings. The molecule has 0 atom stereocenters. The lowest BCUT2D eigenvalue weighted by Gasteiger charge is -2.31. The van der Waals surface area contributed by atoms with Crippen molar-refractivity contribution in [1.82, 2.24) is 10.2 Å². The van der Waals surface area contributed by atoms with Gasteiger partial charge in [-0.2, -0.15) is 0 Å². The summed E-state index contributed by atoms with van der Waals surface area (Å²) in [6.45, 7) is 2.14. The highest BCUT2D eigenvalue weighted by molar-refractivity contribution is 7.80. The van der Waals surface area contributed by atoms with Gasteiger partial charge in [-0.05, 0) is 47.5 Å². The third kappa shape index (κ3) is 3.14. The monoisotopic (exact) mass is 314 g/mol. The summed E-state index contributed by atoms with van der Waals surface area (Å²) in [7, 11) is 0. The molecule has 1 heterocycles. The summed E-state index contributed by atoms with van der Waals surface area (Å²) in [5, 5.41) is 23.2. The molecule has 3 rings (SSSR count). The first-order valence-corrected chi connectivity index (χ1v) is 7.65. The topological polar surface area (TPSA) is 55.7 Å². The second-order valence-corrected chi connectivity index (χ2v) is 5.81. The van der Waals surface area contributed by atoms with E-state index in [1.165, 1.54) is 5.56 Å². The van der Waals surface area contributed by atoms with E-state index in [1.54, 1.807) is 12.1 Å². The fourth-order valence-electron chi connectivity index (χ4n) is 2.64. The Labute approximate surface area is 135 Å². The van der Waals surface area contributed by atoms with Crippen molar-refractivity contribution in [2.75, 3.05) is 6.54 Å². The molecule has 4 nitrogen and oxygen atoms in total. The lowest BCUT2D eigenvalue weighted by Crippen LogP contribution is -2.42. The van der Waals surface area contributed by atoms with Gasteiger partial charge in [0.25, 0.3) is 0 Å². The van der Waals surface area contributed by atoms with Gasteiger partial charge in [0.2, 0.25) is 0 Å². The first kappa shape index (κ1) is 14.7. The smallest absolute Gasteiger partial charge is 0.169 e. The number of phenolic OH excluding ortho intramolecular Hbond substituents is 2. The number of nitrogens with zero attached hydrogens (tertiary/aromatic N) is 1. The van der Waals surface area contributed by atoms with Crippen molar-refractivity contribution in [3.63, 3.8) is 0 Å². The van der Waals surface area contributed by atoms with Gasteiger partial charge in [0.15, 0.2) is 16.6 Å². The highest BCUT2D eigenvalue weighted by Gasteiger charge is 2.20. The fraction of sp³-hybridized carbons (Fsp3) is 0.235. The third-order valence-electron chi connectivity index (χ3n) is 3.88. The SMILES string of the molecule is Oc1cc2c(cc1O)CN(C(=S)NCc1ccccc1)CC2. The summed E-state index contributed by atoms with van der Waals surface area (Å²) in [6, 6.07) is 13.4. The average Bonchev–Trinajstić information content (AvgIpc) is 2.54. The first-order chi connectivity index (χ1) is 10.6. The van der Waals surface area contributed by atoms with Crippen molar-refractivity contribution in [3.8, 4) is 11.5 Å². The van der Waals surface area contributed by atoms with E-state index in [4.69, 9.17) is 12.2 Å². The molecule has 22 heavy (non-hydrogen) atoms. The Morgan fingerprint density at radius 3 is 2.50 bits per heavy atom. The maximum Gasteiger partial charge on any atom is 0.169 e. The van der Waals surface area contributed by atoms with Crippen LogP contribution in [0.4, 0.5) is 0 Å². The summed E-state index contributed by atoms with van der Waals surface area (Å²) in [6.07, 6.45) is 0.802. The van der Waals surface area contributed by atoms with Crippen molar-refractivity contribution in [2.24, 2.45) is 0 Å². The Morgan fingerprint density at radius 1 is 1.09 bits per heavy atom. The normalized spacial score (nSPS) is 13.5. The highest BCUT2D eigenvalue weighted by Crippen LogP contribution is 2.31. The molecule has 3 N–H and O–H groups in total. The van der Waals surface area contributed by atoms with E-state index in [0.29, 0.717) is 18.2 Å². The predicted molar refractivity (Wildman–Crippen MR) is 89.8 cm³/mol. The van der Waals surface area contributed by atoms with Crippen LogP contribution in [-0.2, 0) is 19.5 Å². The Morgan fingerprint density at radius 2 is 1.77 bits per heavy atom. The maximum atomic E-state index is 9.64. The van der Waals surface area contributed by atoms with E-state index in [0.717, 1.165) is 24.1 Å². The molecule has 0 radical (unpaired) electrons. The summed E-state index contributed by atoms with van der Waals surface area (Å²) in [5.74, 6) is -0.138. The van der Waals surface area contributed by atoms with Crippen LogP contribution in [0, 0.1) is 0 Å². The van der Waals surface area contributed by atoms with Crippen molar-refractivity contribution in [1.29, 1.82) is 0 Å². The third-order valence-corrected chi connectivity index (χ3v) is 4.29. The number of rotatable bonds is 2. The van der Waals surface area contributed by atoms with E-state index < -0.39 is 0 Å². The molecule has 2 aromatic carbocycles. The Kier molecular flexibility index (Phi) is 4.15. The molecular formula is C17H18N2O2S. The van der Waals surface area contributed by atoms with E-state index >= 15 is 0 Å². The second-order valence-electron chi connectivity index (χ2n) is 5.43. The molecule has 1 aliphatic heterocycles. The molecule has 0 bridgehead atoms. The van der Waals surface area contributed by atoms with Gasteiger partial charge in [-0.25, -0.2) is 0 Å². The second kappa shape index (κ2) is 6.23. The van der Waals surface area contributed by atoms with Crippen molar-refractivity contribution < 1.29 is 10.2 Å². The zero-order valence-electron chi connectivity index (χ0n) is 12.1. The Hall–Kier alpha value is -2.27. The van der Waals surface area contributed by atoms with Crippen LogP contribution >= 0.6 is 12.2 Å². The summed E-state index contributed by atoms with van der Waals surface area (Å²) >= 11 is 5.46. The van der Waals surface area contributed by atoms with E-state index in [2.05, 4.69) is 22.3 Å². The van der Waals surface area contributed by atoms with Gasteiger partial charge in [0, 0.05) is 19.6 Å². The van der Waals surface area contributed by atoms with Crippen LogP contribution in [0.1, 0.15) is 16.7 Å². The van der Waals surface area contributed by atoms with Gasteiger partial charge < -0.3 is 20.4 Å². The predicted octanol–water partition coefficient (Wildman–Crippen LogP) is 2.53. The number of thiocarbonyl (C=S) groups is 1. The quantitative estimate of drug-likeness (QED) is 0.587.